The van der Waals surface area contributed by atoms with Crippen LogP contribution in [0.1, 0.15) is 11.4 Å². The van der Waals surface area contributed by atoms with Gasteiger partial charge in [0.25, 0.3) is 0 Å². The van der Waals surface area contributed by atoms with E-state index in [1.165, 1.54) is 12.1 Å². The fourth-order valence-corrected chi connectivity index (χ4v) is 1.81. The average molecular weight is 293 g/mol. The van der Waals surface area contributed by atoms with Gasteiger partial charge in [-0.3, -0.25) is 0 Å². The molecule has 0 aliphatic carbocycles. The predicted molar refractivity (Wildman–Crippen MR) is 76.4 cm³/mol. The van der Waals surface area contributed by atoms with Gasteiger partial charge in [-0.1, -0.05) is 11.8 Å². The monoisotopic (exact) mass is 292 g/mol. The number of nitrogens with zero attached hydrogens (tertiary/aromatic N) is 2. The fraction of sp³-hybridized carbons (Fsp3) is 0.267. The van der Waals surface area contributed by atoms with Gasteiger partial charge in [0.15, 0.2) is 0 Å². The van der Waals surface area contributed by atoms with Gasteiger partial charge in [-0.25, -0.2) is 9.37 Å². The predicted octanol–water partition coefficient (Wildman–Crippen LogP) is 2.77. The summed E-state index contributed by atoms with van der Waals surface area (Å²) < 4.78 is 20.8. The zero-order valence-corrected chi connectivity index (χ0v) is 11.8. The number of benzene rings is 1. The lowest BCUT2D eigenvalue weighted by Gasteiger charge is -2.08. The third-order valence-electron chi connectivity index (χ3n) is 2.74. The summed E-state index contributed by atoms with van der Waals surface area (Å²) in [4.78, 5) is 4.21. The molecular weight excluding hydrogens is 279 g/mol. The first kappa shape index (κ1) is 14.4. The summed E-state index contributed by atoms with van der Waals surface area (Å²) >= 11 is 5.51. The molecule has 0 atom stereocenters. The maximum Gasteiger partial charge on any atom is 0.135 e. The smallest absolute Gasteiger partial charge is 0.135 e. The van der Waals surface area contributed by atoms with Gasteiger partial charge in [-0.05, 0) is 18.2 Å². The topological polar surface area (TPSA) is 27.1 Å². The molecule has 0 amide bonds. The van der Waals surface area contributed by atoms with Crippen LogP contribution in [0, 0.1) is 17.7 Å². The molecule has 0 fully saturated rings. The fourth-order valence-electron chi connectivity index (χ4n) is 1.74. The van der Waals surface area contributed by atoms with Gasteiger partial charge < -0.3 is 9.30 Å². The molecule has 0 aliphatic rings. The Hall–Kier alpha value is -1.99. The molecule has 0 spiro atoms. The Morgan fingerprint density at radius 2 is 2.30 bits per heavy atom. The molecule has 20 heavy (non-hydrogen) atoms. The zero-order valence-electron chi connectivity index (χ0n) is 11.1. The molecule has 2 aromatic rings. The Kier molecular flexibility index (Phi) is 5.03. The molecule has 0 saturated carbocycles. The third-order valence-corrected chi connectivity index (χ3v) is 2.87. The van der Waals surface area contributed by atoms with Crippen molar-refractivity contribution in [3.05, 3.63) is 47.8 Å². The van der Waals surface area contributed by atoms with Gasteiger partial charge in [-0.2, -0.15) is 0 Å². The summed E-state index contributed by atoms with van der Waals surface area (Å²) in [5, 5.41) is 0. The lowest BCUT2D eigenvalue weighted by Crippen LogP contribution is -2.07. The van der Waals surface area contributed by atoms with E-state index < -0.39 is 0 Å². The second kappa shape index (κ2) is 6.97. The molecule has 3 nitrogen and oxygen atoms in total. The van der Waals surface area contributed by atoms with E-state index in [0.717, 1.165) is 5.82 Å². The van der Waals surface area contributed by atoms with Crippen molar-refractivity contribution in [1.82, 2.24) is 9.55 Å². The summed E-state index contributed by atoms with van der Waals surface area (Å²) in [5.74, 6) is 6.82. The van der Waals surface area contributed by atoms with Crippen molar-refractivity contribution in [2.24, 2.45) is 7.05 Å². The first-order chi connectivity index (χ1) is 9.70. The van der Waals surface area contributed by atoms with E-state index in [0.29, 0.717) is 24.3 Å². The molecule has 1 aromatic heterocycles. The van der Waals surface area contributed by atoms with E-state index in [2.05, 4.69) is 16.8 Å². The highest BCUT2D eigenvalue weighted by molar-refractivity contribution is 6.19. The Morgan fingerprint density at radius 1 is 1.45 bits per heavy atom. The Labute approximate surface area is 122 Å². The quantitative estimate of drug-likeness (QED) is 0.640. The van der Waals surface area contributed by atoms with E-state index >= 15 is 0 Å². The maximum atomic E-state index is 13.2. The molecule has 0 bridgehead atoms. The Morgan fingerprint density at radius 3 is 3.00 bits per heavy atom. The van der Waals surface area contributed by atoms with Crippen LogP contribution in [-0.2, 0) is 13.5 Å². The largest absolute Gasteiger partial charge is 0.492 e. The van der Waals surface area contributed by atoms with Crippen LogP contribution in [0.15, 0.2) is 30.6 Å². The number of alkyl halides is 1. The average Bonchev–Trinajstić information content (AvgIpc) is 2.84. The van der Waals surface area contributed by atoms with Crippen molar-refractivity contribution < 1.29 is 9.13 Å². The van der Waals surface area contributed by atoms with Gasteiger partial charge in [0.05, 0.1) is 18.1 Å². The lowest BCUT2D eigenvalue weighted by molar-refractivity contribution is 0.316. The van der Waals surface area contributed by atoms with Crippen molar-refractivity contribution >= 4 is 11.6 Å². The number of imidazole rings is 1. The van der Waals surface area contributed by atoms with Gasteiger partial charge >= 0.3 is 0 Å². The highest BCUT2D eigenvalue weighted by Gasteiger charge is 2.05. The highest BCUT2D eigenvalue weighted by Crippen LogP contribution is 2.19. The number of aryl methyl sites for hydroxylation is 1. The summed E-state index contributed by atoms with van der Waals surface area (Å²) in [5.41, 5.74) is 0.505. The summed E-state index contributed by atoms with van der Waals surface area (Å²) in [6, 6.07) is 4.27. The van der Waals surface area contributed by atoms with Gasteiger partial charge in [0, 0.05) is 25.9 Å². The SMILES string of the molecule is Cn1ccnc1CCOc1ccc(F)cc1C#CCCl. The highest BCUT2D eigenvalue weighted by atomic mass is 35.5. The van der Waals surface area contributed by atoms with Crippen LogP contribution in [0.2, 0.25) is 0 Å². The zero-order chi connectivity index (χ0) is 14.4. The number of rotatable bonds is 4. The maximum absolute atomic E-state index is 13.2. The van der Waals surface area contributed by atoms with E-state index in [9.17, 15) is 4.39 Å². The van der Waals surface area contributed by atoms with Crippen LogP contribution in [0.4, 0.5) is 4.39 Å². The number of hydrogen-bond donors (Lipinski definition) is 0. The van der Waals surface area contributed by atoms with E-state index in [-0.39, 0.29) is 11.7 Å². The van der Waals surface area contributed by atoms with Crippen LogP contribution >= 0.6 is 11.6 Å². The molecule has 0 aliphatic heterocycles. The molecule has 0 radical (unpaired) electrons. The molecule has 104 valence electrons. The van der Waals surface area contributed by atoms with Crippen LogP contribution in [0.25, 0.3) is 0 Å². The van der Waals surface area contributed by atoms with Crippen LogP contribution in [0.5, 0.6) is 5.75 Å². The molecule has 2 rings (SSSR count). The number of hydrogen-bond acceptors (Lipinski definition) is 2. The standard InChI is InChI=1S/C15H14ClFN2O/c1-19-9-8-18-15(19)6-10-20-14-5-4-13(17)11-12(14)3-2-7-16/h4-5,8-9,11H,6-7,10H2,1H3. The minimum absolute atomic E-state index is 0.198. The van der Waals surface area contributed by atoms with Crippen molar-refractivity contribution in [1.29, 1.82) is 0 Å². The van der Waals surface area contributed by atoms with Crippen molar-refractivity contribution in [2.75, 3.05) is 12.5 Å². The molecule has 5 heteroatoms. The van der Waals surface area contributed by atoms with Crippen LogP contribution in [-0.4, -0.2) is 22.0 Å². The summed E-state index contributed by atoms with van der Waals surface area (Å²) in [6.45, 7) is 0.450. The molecular formula is C15H14ClFN2O. The second-order valence-corrected chi connectivity index (χ2v) is 4.40. The van der Waals surface area contributed by atoms with Gasteiger partial charge in [0.1, 0.15) is 17.4 Å². The number of aromatic nitrogens is 2. The number of halogens is 2. The van der Waals surface area contributed by atoms with Gasteiger partial charge in [0.2, 0.25) is 0 Å². The van der Waals surface area contributed by atoms with Crippen LogP contribution in [0.3, 0.4) is 0 Å². The van der Waals surface area contributed by atoms with E-state index in [1.807, 2.05) is 17.8 Å². The number of ether oxygens (including phenoxy) is 1. The first-order valence-corrected chi connectivity index (χ1v) is 6.67. The molecule has 0 N–H and O–H groups in total. The summed E-state index contributed by atoms with van der Waals surface area (Å²) in [6.07, 6.45) is 4.29. The van der Waals surface area contributed by atoms with Crippen molar-refractivity contribution in [3.8, 4) is 17.6 Å². The minimum Gasteiger partial charge on any atom is -0.492 e. The Bertz CT molecular complexity index is 643. The van der Waals surface area contributed by atoms with E-state index in [4.69, 9.17) is 16.3 Å². The summed E-state index contributed by atoms with van der Waals surface area (Å²) in [7, 11) is 1.93. The third kappa shape index (κ3) is 3.75. The van der Waals surface area contributed by atoms with E-state index in [1.54, 1.807) is 12.3 Å². The molecule has 0 unspecified atom stereocenters. The lowest BCUT2D eigenvalue weighted by atomic mass is 10.2. The second-order valence-electron chi connectivity index (χ2n) is 4.13. The molecule has 1 aromatic carbocycles. The molecule has 0 saturated heterocycles. The normalized spacial score (nSPS) is 9.95. The minimum atomic E-state index is -0.347. The van der Waals surface area contributed by atoms with Crippen LogP contribution < -0.4 is 4.74 Å². The Balaban J connectivity index is 2.03. The van der Waals surface area contributed by atoms with Crippen molar-refractivity contribution in [2.45, 2.75) is 6.42 Å². The first-order valence-electron chi connectivity index (χ1n) is 6.14. The molecule has 1 heterocycles. The van der Waals surface area contributed by atoms with Crippen molar-refractivity contribution in [3.63, 3.8) is 0 Å². The van der Waals surface area contributed by atoms with Gasteiger partial charge in [-0.15, -0.1) is 11.6 Å².